The molecule has 0 aromatic carbocycles. The van der Waals surface area contributed by atoms with Crippen molar-refractivity contribution in [1.82, 2.24) is 9.27 Å². The lowest BCUT2D eigenvalue weighted by atomic mass is 9.94. The average molecular weight is 298 g/mol. The van der Waals surface area contributed by atoms with Crippen molar-refractivity contribution < 1.29 is 9.53 Å². The number of likely N-dealkylation sites (tertiary alicyclic amines) is 1. The van der Waals surface area contributed by atoms with Crippen LogP contribution in [0.3, 0.4) is 0 Å². The van der Waals surface area contributed by atoms with Crippen LogP contribution in [0.4, 0.5) is 10.8 Å². The number of ether oxygens (including phenoxy) is 1. The predicted octanol–water partition coefficient (Wildman–Crippen LogP) is 1.65. The van der Waals surface area contributed by atoms with E-state index in [1.54, 1.807) is 6.92 Å². The SMILES string of the molecule is CCOC(=O)c1c(N)nsc1NC1CCN(C)CC1C. The largest absolute Gasteiger partial charge is 0.462 e. The zero-order chi connectivity index (χ0) is 14.7. The van der Waals surface area contributed by atoms with Crippen LogP contribution in [0.2, 0.25) is 0 Å². The Morgan fingerprint density at radius 3 is 3.05 bits per heavy atom. The van der Waals surface area contributed by atoms with Crippen LogP contribution in [-0.2, 0) is 4.74 Å². The third kappa shape index (κ3) is 3.21. The minimum absolute atomic E-state index is 0.247. The number of carbonyl (C=O) groups excluding carboxylic acids is 1. The predicted molar refractivity (Wildman–Crippen MR) is 81.2 cm³/mol. The van der Waals surface area contributed by atoms with E-state index in [0.29, 0.717) is 24.1 Å². The first-order valence-corrected chi connectivity index (χ1v) is 7.67. The van der Waals surface area contributed by atoms with E-state index in [9.17, 15) is 4.79 Å². The van der Waals surface area contributed by atoms with Crippen LogP contribution in [-0.4, -0.2) is 48.0 Å². The van der Waals surface area contributed by atoms with Crippen LogP contribution in [0, 0.1) is 5.92 Å². The smallest absolute Gasteiger partial charge is 0.344 e. The van der Waals surface area contributed by atoms with Crippen LogP contribution in [0.5, 0.6) is 0 Å². The highest BCUT2D eigenvalue weighted by Crippen LogP contribution is 2.30. The number of anilines is 2. The summed E-state index contributed by atoms with van der Waals surface area (Å²) in [5, 5.41) is 4.15. The Morgan fingerprint density at radius 1 is 1.65 bits per heavy atom. The first-order chi connectivity index (χ1) is 9.52. The molecule has 112 valence electrons. The summed E-state index contributed by atoms with van der Waals surface area (Å²) in [5.41, 5.74) is 6.16. The number of aromatic nitrogens is 1. The van der Waals surface area contributed by atoms with Crippen molar-refractivity contribution in [3.05, 3.63) is 5.56 Å². The van der Waals surface area contributed by atoms with Gasteiger partial charge < -0.3 is 20.7 Å². The molecule has 0 aliphatic carbocycles. The van der Waals surface area contributed by atoms with Gasteiger partial charge in [0.15, 0.2) is 5.82 Å². The van der Waals surface area contributed by atoms with Gasteiger partial charge in [-0.25, -0.2) is 4.79 Å². The summed E-state index contributed by atoms with van der Waals surface area (Å²) in [6, 6.07) is 0.333. The molecule has 2 unspecified atom stereocenters. The molecule has 0 radical (unpaired) electrons. The highest BCUT2D eigenvalue weighted by Gasteiger charge is 2.27. The van der Waals surface area contributed by atoms with Gasteiger partial charge in [-0.2, -0.15) is 4.37 Å². The summed E-state index contributed by atoms with van der Waals surface area (Å²) in [5.74, 6) is 0.352. The van der Waals surface area contributed by atoms with Crippen LogP contribution in [0.1, 0.15) is 30.6 Å². The third-order valence-corrected chi connectivity index (χ3v) is 4.42. The zero-order valence-electron chi connectivity index (χ0n) is 12.2. The molecular formula is C13H22N4O2S. The van der Waals surface area contributed by atoms with E-state index in [2.05, 4.69) is 28.6 Å². The van der Waals surface area contributed by atoms with Gasteiger partial charge in [-0.05, 0) is 44.4 Å². The monoisotopic (exact) mass is 298 g/mol. The van der Waals surface area contributed by atoms with E-state index in [1.807, 2.05) is 0 Å². The zero-order valence-corrected chi connectivity index (χ0v) is 13.0. The Morgan fingerprint density at radius 2 is 2.40 bits per heavy atom. The molecule has 2 rings (SSSR count). The molecule has 0 bridgehead atoms. The van der Waals surface area contributed by atoms with Crippen molar-refractivity contribution in [3.63, 3.8) is 0 Å². The van der Waals surface area contributed by atoms with Gasteiger partial charge in [0.2, 0.25) is 0 Å². The second kappa shape index (κ2) is 6.41. The molecule has 0 saturated carbocycles. The lowest BCUT2D eigenvalue weighted by Gasteiger charge is -2.35. The summed E-state index contributed by atoms with van der Waals surface area (Å²) in [4.78, 5) is 14.3. The standard InChI is InChI=1S/C13H22N4O2S/c1-4-19-13(18)10-11(14)16-20-12(10)15-9-5-6-17(3)7-8(9)2/h8-9,15H,4-7H2,1-3H3,(H2,14,16). The van der Waals surface area contributed by atoms with Crippen LogP contribution < -0.4 is 11.1 Å². The van der Waals surface area contributed by atoms with E-state index in [0.717, 1.165) is 24.5 Å². The quantitative estimate of drug-likeness (QED) is 0.823. The van der Waals surface area contributed by atoms with Gasteiger partial charge in [0.1, 0.15) is 10.6 Å². The minimum atomic E-state index is -0.401. The summed E-state index contributed by atoms with van der Waals surface area (Å²) in [7, 11) is 2.13. The molecule has 0 spiro atoms. The molecule has 7 heteroatoms. The molecule has 1 aromatic rings. The van der Waals surface area contributed by atoms with E-state index in [-0.39, 0.29) is 5.82 Å². The minimum Gasteiger partial charge on any atom is -0.462 e. The number of nitrogens with two attached hydrogens (primary N) is 1. The summed E-state index contributed by atoms with van der Waals surface area (Å²) < 4.78 is 9.11. The molecule has 2 atom stereocenters. The molecule has 1 aliphatic rings. The Labute approximate surface area is 123 Å². The summed E-state index contributed by atoms with van der Waals surface area (Å²) in [6.45, 7) is 6.41. The fraction of sp³-hybridized carbons (Fsp3) is 0.692. The number of hydrogen-bond donors (Lipinski definition) is 2. The lowest BCUT2D eigenvalue weighted by molar-refractivity contribution is 0.0529. The van der Waals surface area contributed by atoms with Gasteiger partial charge in [0, 0.05) is 12.6 Å². The lowest BCUT2D eigenvalue weighted by Crippen LogP contribution is -2.43. The summed E-state index contributed by atoms with van der Waals surface area (Å²) >= 11 is 1.23. The molecule has 2 heterocycles. The molecular weight excluding hydrogens is 276 g/mol. The van der Waals surface area contributed by atoms with E-state index >= 15 is 0 Å². The van der Waals surface area contributed by atoms with E-state index in [1.165, 1.54) is 11.5 Å². The summed E-state index contributed by atoms with van der Waals surface area (Å²) in [6.07, 6.45) is 1.04. The number of nitrogen functional groups attached to an aromatic ring is 1. The Bertz CT molecular complexity index is 477. The Balaban J connectivity index is 2.11. The highest BCUT2D eigenvalue weighted by atomic mass is 32.1. The van der Waals surface area contributed by atoms with Crippen molar-refractivity contribution in [3.8, 4) is 0 Å². The molecule has 0 amide bonds. The van der Waals surface area contributed by atoms with Crippen molar-refractivity contribution >= 4 is 28.3 Å². The number of rotatable bonds is 4. The van der Waals surface area contributed by atoms with Crippen LogP contribution in [0.25, 0.3) is 0 Å². The van der Waals surface area contributed by atoms with E-state index in [4.69, 9.17) is 10.5 Å². The average Bonchev–Trinajstić information content (AvgIpc) is 2.74. The van der Waals surface area contributed by atoms with Crippen molar-refractivity contribution in [2.24, 2.45) is 5.92 Å². The molecule has 1 aliphatic heterocycles. The van der Waals surface area contributed by atoms with Gasteiger partial charge in [0.25, 0.3) is 0 Å². The van der Waals surface area contributed by atoms with Gasteiger partial charge in [0.05, 0.1) is 6.61 Å². The maximum atomic E-state index is 11.9. The fourth-order valence-corrected chi connectivity index (χ4v) is 3.30. The molecule has 20 heavy (non-hydrogen) atoms. The van der Waals surface area contributed by atoms with Crippen molar-refractivity contribution in [2.75, 3.05) is 37.8 Å². The second-order valence-corrected chi connectivity index (χ2v) is 6.04. The number of nitrogens with one attached hydrogen (secondary N) is 1. The Hall–Kier alpha value is -1.34. The van der Waals surface area contributed by atoms with Gasteiger partial charge in [-0.1, -0.05) is 6.92 Å². The van der Waals surface area contributed by atoms with Crippen LogP contribution in [0.15, 0.2) is 0 Å². The fourth-order valence-electron chi connectivity index (χ4n) is 2.54. The third-order valence-electron chi connectivity index (χ3n) is 3.62. The normalized spacial score (nSPS) is 23.6. The number of carbonyl (C=O) groups is 1. The second-order valence-electron chi connectivity index (χ2n) is 5.27. The molecule has 1 saturated heterocycles. The van der Waals surface area contributed by atoms with Crippen molar-refractivity contribution in [1.29, 1.82) is 0 Å². The number of piperidine rings is 1. The Kier molecular flexibility index (Phi) is 4.82. The first kappa shape index (κ1) is 15.1. The topological polar surface area (TPSA) is 80.5 Å². The van der Waals surface area contributed by atoms with Gasteiger partial charge in [-0.3, -0.25) is 0 Å². The van der Waals surface area contributed by atoms with E-state index < -0.39 is 5.97 Å². The number of nitrogens with zero attached hydrogens (tertiary/aromatic N) is 2. The van der Waals surface area contributed by atoms with Gasteiger partial charge >= 0.3 is 5.97 Å². The molecule has 1 fully saturated rings. The van der Waals surface area contributed by atoms with Gasteiger partial charge in [-0.15, -0.1) is 0 Å². The van der Waals surface area contributed by atoms with Crippen LogP contribution >= 0.6 is 11.5 Å². The molecule has 3 N–H and O–H groups in total. The molecule has 1 aromatic heterocycles. The molecule has 6 nitrogen and oxygen atoms in total. The maximum Gasteiger partial charge on any atom is 0.344 e. The number of esters is 1. The maximum absolute atomic E-state index is 11.9. The first-order valence-electron chi connectivity index (χ1n) is 6.90. The van der Waals surface area contributed by atoms with Crippen molar-refractivity contribution in [2.45, 2.75) is 26.3 Å². The highest BCUT2D eigenvalue weighted by molar-refractivity contribution is 7.11. The number of hydrogen-bond acceptors (Lipinski definition) is 7.